The molecular formula is C23H31F9N2O3. The van der Waals surface area contributed by atoms with Crippen LogP contribution in [0.2, 0.25) is 0 Å². The van der Waals surface area contributed by atoms with E-state index in [9.17, 15) is 49.1 Å². The molecule has 14 heteroatoms. The van der Waals surface area contributed by atoms with Gasteiger partial charge < -0.3 is 9.64 Å². The maximum absolute atomic E-state index is 13.1. The van der Waals surface area contributed by atoms with E-state index in [-0.39, 0.29) is 31.6 Å². The Balaban J connectivity index is 5.64. The van der Waals surface area contributed by atoms with Gasteiger partial charge in [-0.2, -0.15) is 39.5 Å². The van der Waals surface area contributed by atoms with Crippen molar-refractivity contribution in [2.75, 3.05) is 26.7 Å². The number of rotatable bonds is 11. The SMILES string of the molecule is C=C/C(=C\C(C(C)=O)=C(/C)C(F)(F)F)CN(C)C(C)(C)CCN(CC)C(=O)OC(C(F)(F)F)C(F)(F)F. The number of hydrogen-bond donors (Lipinski definition) is 0. The van der Waals surface area contributed by atoms with E-state index in [4.69, 9.17) is 0 Å². The van der Waals surface area contributed by atoms with E-state index < -0.39 is 53.2 Å². The molecule has 0 aliphatic rings. The molecule has 0 saturated carbocycles. The number of halogens is 9. The van der Waals surface area contributed by atoms with Crippen LogP contribution in [-0.4, -0.2) is 78.5 Å². The number of Topliss-reactive ketones (excluding diaryl/α,β-unsaturated/α-hetero) is 1. The summed E-state index contributed by atoms with van der Waals surface area (Å²) in [5.41, 5.74) is -2.26. The highest BCUT2D eigenvalue weighted by Gasteiger charge is 2.60. The molecule has 0 rings (SSSR count). The van der Waals surface area contributed by atoms with Crippen molar-refractivity contribution in [3.63, 3.8) is 0 Å². The fourth-order valence-corrected chi connectivity index (χ4v) is 2.94. The first-order valence-corrected chi connectivity index (χ1v) is 10.9. The Hall–Kier alpha value is -2.51. The number of carbonyl (C=O) groups excluding carboxylic acids is 2. The van der Waals surface area contributed by atoms with Gasteiger partial charge in [0.05, 0.1) is 0 Å². The third kappa shape index (κ3) is 10.8. The average molecular weight is 554 g/mol. The number of alkyl halides is 9. The minimum atomic E-state index is -5.85. The highest BCUT2D eigenvalue weighted by Crippen LogP contribution is 2.36. The van der Waals surface area contributed by atoms with Crippen LogP contribution in [0.4, 0.5) is 44.3 Å². The fraction of sp³-hybridized carbons (Fsp3) is 0.652. The highest BCUT2D eigenvalue weighted by molar-refractivity contribution is 5.97. The van der Waals surface area contributed by atoms with E-state index in [1.807, 2.05) is 0 Å². The van der Waals surface area contributed by atoms with E-state index in [2.05, 4.69) is 11.3 Å². The number of carbonyl (C=O) groups is 2. The van der Waals surface area contributed by atoms with Crippen LogP contribution in [0.1, 0.15) is 41.0 Å². The van der Waals surface area contributed by atoms with Gasteiger partial charge in [-0.3, -0.25) is 9.69 Å². The third-order valence-corrected chi connectivity index (χ3v) is 5.70. The Bertz CT molecular complexity index is 871. The van der Waals surface area contributed by atoms with Crippen LogP contribution in [0.5, 0.6) is 0 Å². The summed E-state index contributed by atoms with van der Waals surface area (Å²) in [6.45, 7) is 9.37. The van der Waals surface area contributed by atoms with Crippen LogP contribution in [0, 0.1) is 0 Å². The van der Waals surface area contributed by atoms with Gasteiger partial charge in [-0.1, -0.05) is 12.7 Å². The maximum atomic E-state index is 13.1. The zero-order valence-corrected chi connectivity index (χ0v) is 21.3. The van der Waals surface area contributed by atoms with Crippen LogP contribution in [0.15, 0.2) is 35.5 Å². The van der Waals surface area contributed by atoms with Crippen molar-refractivity contribution in [3.8, 4) is 0 Å². The van der Waals surface area contributed by atoms with Gasteiger partial charge in [0, 0.05) is 36.3 Å². The number of ether oxygens (including phenoxy) is 1. The zero-order valence-electron chi connectivity index (χ0n) is 21.3. The molecule has 37 heavy (non-hydrogen) atoms. The number of nitrogens with zero attached hydrogens (tertiary/aromatic N) is 2. The standard InChI is InChI=1S/C23H31F9N2O3/c1-8-16(12-17(15(4)35)14(3)21(24,25)26)13-33(7)20(5,6)10-11-34(9-2)19(36)37-18(22(27,28)29)23(30,31)32/h8,12,18H,1,9-11,13H2,2-7H3/b16-12+,17-14-. The molecule has 0 atom stereocenters. The van der Waals surface area contributed by atoms with Crippen LogP contribution in [-0.2, 0) is 9.53 Å². The smallest absolute Gasteiger partial charge is 0.426 e. The van der Waals surface area contributed by atoms with Gasteiger partial charge in [0.2, 0.25) is 0 Å². The first-order chi connectivity index (χ1) is 16.5. The lowest BCUT2D eigenvalue weighted by molar-refractivity contribution is -0.308. The van der Waals surface area contributed by atoms with Gasteiger partial charge >= 0.3 is 24.6 Å². The number of allylic oxidation sites excluding steroid dienone is 3. The molecule has 0 radical (unpaired) electrons. The van der Waals surface area contributed by atoms with Gasteiger partial charge in [0.25, 0.3) is 6.10 Å². The minimum absolute atomic E-state index is 0.0147. The van der Waals surface area contributed by atoms with E-state index in [1.165, 1.54) is 13.0 Å². The lowest BCUT2D eigenvalue weighted by Gasteiger charge is -2.37. The van der Waals surface area contributed by atoms with E-state index in [1.54, 1.807) is 25.8 Å². The van der Waals surface area contributed by atoms with Crippen molar-refractivity contribution in [1.29, 1.82) is 0 Å². The topological polar surface area (TPSA) is 49.9 Å². The van der Waals surface area contributed by atoms with Gasteiger partial charge in [-0.05, 0) is 59.7 Å². The molecule has 0 spiro atoms. The van der Waals surface area contributed by atoms with Gasteiger partial charge in [-0.15, -0.1) is 0 Å². The van der Waals surface area contributed by atoms with Crippen molar-refractivity contribution in [2.45, 2.75) is 71.2 Å². The average Bonchev–Trinajstić information content (AvgIpc) is 2.71. The molecule has 5 nitrogen and oxygen atoms in total. The quantitative estimate of drug-likeness (QED) is 0.164. The first-order valence-electron chi connectivity index (χ1n) is 10.9. The zero-order chi connectivity index (χ0) is 29.6. The maximum Gasteiger partial charge on any atom is 0.434 e. The lowest BCUT2D eigenvalue weighted by Crippen LogP contribution is -2.49. The second kappa shape index (κ2) is 12.8. The van der Waals surface area contributed by atoms with Crippen LogP contribution < -0.4 is 0 Å². The summed E-state index contributed by atoms with van der Waals surface area (Å²) in [5, 5.41) is 0. The van der Waals surface area contributed by atoms with E-state index in [0.717, 1.165) is 19.9 Å². The summed E-state index contributed by atoms with van der Waals surface area (Å²) in [6.07, 6.45) is -20.2. The van der Waals surface area contributed by atoms with Crippen LogP contribution in [0.3, 0.4) is 0 Å². The monoisotopic (exact) mass is 554 g/mol. The molecule has 0 N–H and O–H groups in total. The molecule has 0 aromatic heterocycles. The molecule has 0 bridgehead atoms. The summed E-state index contributed by atoms with van der Waals surface area (Å²) in [5.74, 6) is -0.816. The minimum Gasteiger partial charge on any atom is -0.426 e. The summed E-state index contributed by atoms with van der Waals surface area (Å²) in [6, 6.07) is 0. The first kappa shape index (κ1) is 34.5. The number of amides is 1. The molecular weight excluding hydrogens is 523 g/mol. The predicted molar refractivity (Wildman–Crippen MR) is 119 cm³/mol. The van der Waals surface area contributed by atoms with E-state index in [0.29, 0.717) is 4.90 Å². The third-order valence-electron chi connectivity index (χ3n) is 5.70. The normalized spacial score (nSPS) is 14.6. The molecule has 0 aromatic rings. The Morgan fingerprint density at radius 2 is 1.46 bits per heavy atom. The Kier molecular flexibility index (Phi) is 12.0. The summed E-state index contributed by atoms with van der Waals surface area (Å²) >= 11 is 0. The summed E-state index contributed by atoms with van der Waals surface area (Å²) in [4.78, 5) is 26.2. The molecule has 1 amide bonds. The predicted octanol–water partition coefficient (Wildman–Crippen LogP) is 6.62. The van der Waals surface area contributed by atoms with Gasteiger partial charge in [0.15, 0.2) is 5.78 Å². The fourth-order valence-electron chi connectivity index (χ4n) is 2.94. The second-order valence-corrected chi connectivity index (χ2v) is 8.86. The second-order valence-electron chi connectivity index (χ2n) is 8.86. The number of hydrogen-bond acceptors (Lipinski definition) is 4. The summed E-state index contributed by atoms with van der Waals surface area (Å²) in [7, 11) is 1.56. The van der Waals surface area contributed by atoms with Crippen LogP contribution >= 0.6 is 0 Å². The van der Waals surface area contributed by atoms with Crippen LogP contribution in [0.25, 0.3) is 0 Å². The lowest BCUT2D eigenvalue weighted by atomic mass is 9.96. The Labute approximate surface area is 209 Å². The van der Waals surface area contributed by atoms with Crippen molar-refractivity contribution in [1.82, 2.24) is 9.80 Å². The highest BCUT2D eigenvalue weighted by atomic mass is 19.4. The molecule has 0 heterocycles. The van der Waals surface area contributed by atoms with Gasteiger partial charge in [-0.25, -0.2) is 4.79 Å². The molecule has 0 aliphatic carbocycles. The molecule has 0 saturated heterocycles. The van der Waals surface area contributed by atoms with Crippen molar-refractivity contribution in [2.24, 2.45) is 0 Å². The summed E-state index contributed by atoms with van der Waals surface area (Å²) < 4.78 is 119. The largest absolute Gasteiger partial charge is 0.434 e. The Morgan fingerprint density at radius 1 is 0.973 bits per heavy atom. The Morgan fingerprint density at radius 3 is 1.81 bits per heavy atom. The number of ketones is 1. The van der Waals surface area contributed by atoms with Crippen molar-refractivity contribution < 1.29 is 53.8 Å². The molecule has 0 fully saturated rings. The van der Waals surface area contributed by atoms with Crippen molar-refractivity contribution >= 4 is 11.9 Å². The molecule has 0 unspecified atom stereocenters. The van der Waals surface area contributed by atoms with Crippen molar-refractivity contribution in [3.05, 3.63) is 35.5 Å². The molecule has 0 aliphatic heterocycles. The van der Waals surface area contributed by atoms with Gasteiger partial charge in [0.1, 0.15) is 0 Å². The van der Waals surface area contributed by atoms with E-state index >= 15 is 0 Å². The number of likely N-dealkylation sites (N-methyl/N-ethyl adjacent to an activating group) is 1. The molecule has 0 aromatic carbocycles. The molecule has 214 valence electrons.